The average molecular weight is 216 g/mol. The molecule has 0 aliphatic rings. The van der Waals surface area contributed by atoms with Crippen LogP contribution in [0.4, 0.5) is 0 Å². The highest BCUT2D eigenvalue weighted by Crippen LogP contribution is 2.14. The summed E-state index contributed by atoms with van der Waals surface area (Å²) in [5.74, 6) is 0.953. The van der Waals surface area contributed by atoms with E-state index >= 15 is 0 Å². The highest BCUT2D eigenvalue weighted by atomic mass is 15.1. The van der Waals surface area contributed by atoms with Crippen LogP contribution in [0.2, 0.25) is 0 Å². The predicted molar refractivity (Wildman–Crippen MR) is 63.3 cm³/mol. The summed E-state index contributed by atoms with van der Waals surface area (Å²) in [5, 5.41) is 0. The number of hydrogen-bond acceptors (Lipinski definition) is 3. The number of imidazole rings is 1. The van der Waals surface area contributed by atoms with Gasteiger partial charge in [-0.05, 0) is 25.5 Å². The Hall–Kier alpha value is -1.68. The van der Waals surface area contributed by atoms with Gasteiger partial charge in [-0.25, -0.2) is 4.98 Å². The first-order chi connectivity index (χ1) is 7.72. The third-order valence-corrected chi connectivity index (χ3v) is 2.69. The van der Waals surface area contributed by atoms with E-state index in [9.17, 15) is 0 Å². The summed E-state index contributed by atoms with van der Waals surface area (Å²) >= 11 is 0. The molecule has 2 aromatic rings. The lowest BCUT2D eigenvalue weighted by Crippen LogP contribution is -2.10. The van der Waals surface area contributed by atoms with E-state index in [-0.39, 0.29) is 6.04 Å². The lowest BCUT2D eigenvalue weighted by atomic mass is 10.1. The molecule has 84 valence electrons. The van der Waals surface area contributed by atoms with Gasteiger partial charge >= 0.3 is 0 Å². The second kappa shape index (κ2) is 4.45. The van der Waals surface area contributed by atoms with Crippen molar-refractivity contribution in [2.45, 2.75) is 26.3 Å². The topological polar surface area (TPSA) is 56.7 Å². The van der Waals surface area contributed by atoms with Gasteiger partial charge in [-0.3, -0.25) is 4.98 Å². The van der Waals surface area contributed by atoms with Gasteiger partial charge in [0.05, 0.1) is 17.6 Å². The molecule has 0 aliphatic carbocycles. The summed E-state index contributed by atoms with van der Waals surface area (Å²) in [6, 6.07) is 4.02. The molecule has 0 spiro atoms. The zero-order valence-electron chi connectivity index (χ0n) is 9.59. The summed E-state index contributed by atoms with van der Waals surface area (Å²) in [6.45, 7) is 4.02. The number of pyridine rings is 1. The summed E-state index contributed by atoms with van der Waals surface area (Å²) < 4.78 is 1.99. The molecule has 0 unspecified atom stereocenters. The van der Waals surface area contributed by atoms with Gasteiger partial charge < -0.3 is 10.3 Å². The van der Waals surface area contributed by atoms with Crippen molar-refractivity contribution in [3.63, 3.8) is 0 Å². The van der Waals surface area contributed by atoms with E-state index in [1.54, 1.807) is 6.20 Å². The molecule has 2 aromatic heterocycles. The highest BCUT2D eigenvalue weighted by molar-refractivity contribution is 5.31. The van der Waals surface area contributed by atoms with Crippen molar-refractivity contribution in [1.29, 1.82) is 0 Å². The fourth-order valence-electron chi connectivity index (χ4n) is 1.62. The summed E-state index contributed by atoms with van der Waals surface area (Å²) in [5.41, 5.74) is 7.86. The van der Waals surface area contributed by atoms with E-state index in [1.807, 2.05) is 36.0 Å². The molecule has 2 heterocycles. The molecular formula is C12H16N4. The summed E-state index contributed by atoms with van der Waals surface area (Å²) in [7, 11) is 0. The number of rotatable bonds is 3. The number of nitrogens with zero attached hydrogens (tertiary/aromatic N) is 3. The first-order valence-corrected chi connectivity index (χ1v) is 5.44. The second-order valence-electron chi connectivity index (χ2n) is 3.80. The van der Waals surface area contributed by atoms with Crippen molar-refractivity contribution in [3.8, 4) is 5.69 Å². The monoisotopic (exact) mass is 216 g/mol. The Labute approximate surface area is 95.1 Å². The van der Waals surface area contributed by atoms with Gasteiger partial charge in [0.15, 0.2) is 0 Å². The van der Waals surface area contributed by atoms with E-state index in [4.69, 9.17) is 5.73 Å². The maximum atomic E-state index is 5.91. The minimum absolute atomic E-state index is 0.0259. The molecule has 4 nitrogen and oxygen atoms in total. The van der Waals surface area contributed by atoms with Gasteiger partial charge in [-0.2, -0.15) is 0 Å². The van der Waals surface area contributed by atoms with Crippen LogP contribution in [0.5, 0.6) is 0 Å². The lowest BCUT2D eigenvalue weighted by molar-refractivity contribution is 0.674. The Morgan fingerprint density at radius 1 is 1.38 bits per heavy atom. The second-order valence-corrected chi connectivity index (χ2v) is 3.80. The SMILES string of the molecule is CC[C@@H](N)c1ccc(-n2ccnc2C)cn1. The largest absolute Gasteiger partial charge is 0.323 e. The lowest BCUT2D eigenvalue weighted by Gasteiger charge is -2.09. The van der Waals surface area contributed by atoms with Crippen LogP contribution >= 0.6 is 0 Å². The van der Waals surface area contributed by atoms with Gasteiger partial charge in [-0.15, -0.1) is 0 Å². The standard InChI is InChI=1S/C12H16N4/c1-3-11(13)12-5-4-10(8-15-12)16-7-6-14-9(16)2/h4-8,11H,3,13H2,1-2H3/t11-/m1/s1. The molecular weight excluding hydrogens is 200 g/mol. The van der Waals surface area contributed by atoms with Gasteiger partial charge in [0.2, 0.25) is 0 Å². The molecule has 16 heavy (non-hydrogen) atoms. The Morgan fingerprint density at radius 2 is 2.19 bits per heavy atom. The Balaban J connectivity index is 2.30. The Kier molecular flexibility index (Phi) is 3.01. The van der Waals surface area contributed by atoms with Crippen LogP contribution in [0, 0.1) is 6.92 Å². The molecule has 0 bridgehead atoms. The van der Waals surface area contributed by atoms with E-state index in [1.165, 1.54) is 0 Å². The van der Waals surface area contributed by atoms with E-state index in [2.05, 4.69) is 16.9 Å². The fourth-order valence-corrected chi connectivity index (χ4v) is 1.62. The molecule has 2 N–H and O–H groups in total. The summed E-state index contributed by atoms with van der Waals surface area (Å²) in [4.78, 5) is 8.55. The highest BCUT2D eigenvalue weighted by Gasteiger charge is 2.05. The third-order valence-electron chi connectivity index (χ3n) is 2.69. The van der Waals surface area contributed by atoms with Crippen molar-refractivity contribution >= 4 is 0 Å². The van der Waals surface area contributed by atoms with E-state index in [0.717, 1.165) is 23.6 Å². The minimum atomic E-state index is 0.0259. The van der Waals surface area contributed by atoms with Gasteiger partial charge in [0, 0.05) is 18.4 Å². The zero-order chi connectivity index (χ0) is 11.5. The number of aromatic nitrogens is 3. The van der Waals surface area contributed by atoms with Crippen molar-refractivity contribution in [2.75, 3.05) is 0 Å². The maximum Gasteiger partial charge on any atom is 0.110 e. The van der Waals surface area contributed by atoms with Crippen LogP contribution in [0.1, 0.15) is 30.9 Å². The van der Waals surface area contributed by atoms with Crippen molar-refractivity contribution in [2.24, 2.45) is 5.73 Å². The van der Waals surface area contributed by atoms with Gasteiger partial charge in [-0.1, -0.05) is 6.92 Å². The normalized spacial score (nSPS) is 12.7. The molecule has 0 fully saturated rings. The molecule has 4 heteroatoms. The first kappa shape index (κ1) is 10.8. The van der Waals surface area contributed by atoms with Crippen molar-refractivity contribution < 1.29 is 0 Å². The average Bonchev–Trinajstić information content (AvgIpc) is 2.75. The van der Waals surface area contributed by atoms with Gasteiger partial charge in [0.1, 0.15) is 5.82 Å². The number of nitrogens with two attached hydrogens (primary N) is 1. The minimum Gasteiger partial charge on any atom is -0.323 e. The number of aryl methyl sites for hydroxylation is 1. The fraction of sp³-hybridized carbons (Fsp3) is 0.333. The van der Waals surface area contributed by atoms with Gasteiger partial charge in [0.25, 0.3) is 0 Å². The van der Waals surface area contributed by atoms with Crippen molar-refractivity contribution in [3.05, 3.63) is 42.2 Å². The molecule has 2 rings (SSSR count). The zero-order valence-corrected chi connectivity index (χ0v) is 9.59. The maximum absolute atomic E-state index is 5.91. The van der Waals surface area contributed by atoms with Crippen LogP contribution in [-0.2, 0) is 0 Å². The molecule has 0 aliphatic heterocycles. The van der Waals surface area contributed by atoms with Crippen LogP contribution in [0.25, 0.3) is 5.69 Å². The molecule has 0 radical (unpaired) electrons. The predicted octanol–water partition coefficient (Wildman–Crippen LogP) is 1.99. The molecule has 0 saturated heterocycles. The van der Waals surface area contributed by atoms with E-state index < -0.39 is 0 Å². The molecule has 0 saturated carbocycles. The smallest absolute Gasteiger partial charge is 0.110 e. The first-order valence-electron chi connectivity index (χ1n) is 5.44. The third kappa shape index (κ3) is 1.97. The Morgan fingerprint density at radius 3 is 2.69 bits per heavy atom. The van der Waals surface area contributed by atoms with Crippen LogP contribution in [0.3, 0.4) is 0 Å². The van der Waals surface area contributed by atoms with Crippen molar-refractivity contribution in [1.82, 2.24) is 14.5 Å². The van der Waals surface area contributed by atoms with Crippen LogP contribution in [0.15, 0.2) is 30.7 Å². The summed E-state index contributed by atoms with van der Waals surface area (Å²) in [6.07, 6.45) is 6.43. The van der Waals surface area contributed by atoms with E-state index in [0.29, 0.717) is 0 Å². The molecule has 0 amide bonds. The number of hydrogen-bond donors (Lipinski definition) is 1. The van der Waals surface area contributed by atoms with Crippen LogP contribution < -0.4 is 5.73 Å². The molecule has 1 atom stereocenters. The molecule has 0 aromatic carbocycles. The van der Waals surface area contributed by atoms with Crippen LogP contribution in [-0.4, -0.2) is 14.5 Å². The quantitative estimate of drug-likeness (QED) is 0.853. The Bertz CT molecular complexity index is 458.